The van der Waals surface area contributed by atoms with Gasteiger partial charge in [0.25, 0.3) is 0 Å². The molecule has 3 heterocycles. The van der Waals surface area contributed by atoms with Crippen LogP contribution in [0.3, 0.4) is 0 Å². The van der Waals surface area contributed by atoms with E-state index in [1.54, 1.807) is 23.7 Å². The minimum Gasteiger partial charge on any atom is -0.367 e. The molecule has 0 aliphatic carbocycles. The smallest absolute Gasteiger partial charge is 0.162 e. The average Bonchev–Trinajstić information content (AvgIpc) is 3.29. The predicted molar refractivity (Wildman–Crippen MR) is 151 cm³/mol. The molecule has 0 saturated heterocycles. The molecule has 0 amide bonds. The van der Waals surface area contributed by atoms with Crippen LogP contribution in [0.5, 0.6) is 0 Å². The maximum Gasteiger partial charge on any atom is 0.162 e. The zero-order chi connectivity index (χ0) is 26.0. The summed E-state index contributed by atoms with van der Waals surface area (Å²) in [5.41, 5.74) is 11.2. The number of nitrogens with zero attached hydrogens (tertiary/aromatic N) is 3. The van der Waals surface area contributed by atoms with Gasteiger partial charge >= 0.3 is 0 Å². The van der Waals surface area contributed by atoms with Crippen LogP contribution in [0, 0.1) is 5.82 Å². The van der Waals surface area contributed by atoms with Crippen molar-refractivity contribution in [1.82, 2.24) is 15.0 Å². The Morgan fingerprint density at radius 2 is 1.62 bits per heavy atom. The predicted octanol–water partition coefficient (Wildman–Crippen LogP) is 6.84. The number of halogens is 1. The number of nitrogens with two attached hydrogens (primary N) is 1. The minimum absolute atomic E-state index is 0.0876. The molecule has 37 heavy (non-hydrogen) atoms. The number of thiophene rings is 1. The van der Waals surface area contributed by atoms with Gasteiger partial charge in [0, 0.05) is 41.0 Å². The summed E-state index contributed by atoms with van der Waals surface area (Å²) in [4.78, 5) is 15.3. The highest BCUT2D eigenvalue weighted by atomic mass is 32.1. The number of hydrogen-bond acceptors (Lipinski definition) is 6. The molecule has 0 bridgehead atoms. The van der Waals surface area contributed by atoms with Crippen LogP contribution in [-0.2, 0) is 11.8 Å². The molecular formula is C30H30FN5S. The van der Waals surface area contributed by atoms with E-state index in [-0.39, 0.29) is 17.3 Å². The van der Waals surface area contributed by atoms with Gasteiger partial charge in [0.1, 0.15) is 11.6 Å². The summed E-state index contributed by atoms with van der Waals surface area (Å²) >= 11 is 1.68. The molecule has 3 N–H and O–H groups in total. The molecular weight excluding hydrogens is 481 g/mol. The largest absolute Gasteiger partial charge is 0.367 e. The van der Waals surface area contributed by atoms with Crippen LogP contribution in [-0.4, -0.2) is 27.5 Å². The Morgan fingerprint density at radius 3 is 2.30 bits per heavy atom. The van der Waals surface area contributed by atoms with Crippen LogP contribution >= 0.6 is 11.3 Å². The summed E-state index contributed by atoms with van der Waals surface area (Å²) in [5.74, 6) is 1.10. The van der Waals surface area contributed by atoms with Gasteiger partial charge in [0.05, 0.1) is 10.2 Å². The third-order valence-corrected chi connectivity index (χ3v) is 7.77. The third kappa shape index (κ3) is 5.53. The summed E-state index contributed by atoms with van der Waals surface area (Å²) in [6.07, 6.45) is 4.24. The fourth-order valence-electron chi connectivity index (χ4n) is 4.36. The minimum atomic E-state index is -0.262. The van der Waals surface area contributed by atoms with E-state index < -0.39 is 0 Å². The number of aromatic nitrogens is 3. The van der Waals surface area contributed by atoms with Gasteiger partial charge < -0.3 is 11.1 Å². The molecule has 0 saturated carbocycles. The van der Waals surface area contributed by atoms with Crippen molar-refractivity contribution in [3.63, 3.8) is 0 Å². The van der Waals surface area contributed by atoms with Gasteiger partial charge in [-0.25, -0.2) is 14.4 Å². The first kappa shape index (κ1) is 25.0. The van der Waals surface area contributed by atoms with Crippen LogP contribution in [0.4, 0.5) is 10.2 Å². The molecule has 188 valence electrons. The molecule has 0 spiro atoms. The van der Waals surface area contributed by atoms with Crippen LogP contribution in [0.1, 0.15) is 31.2 Å². The standard InChI is InChI=1S/C30H30FN5S/c1-30(2,3)27-24(20-9-11-22(31)12-10-20)25-26(37-27)29(36-28(35-25)21-13-15-33-16-14-21)34-18-23(32)17-19-7-5-4-6-8-19/h4-16,23H,17-18,32H2,1-3H3,(H,34,35,36). The molecule has 0 aliphatic rings. The summed E-state index contributed by atoms with van der Waals surface area (Å²) < 4.78 is 14.8. The average molecular weight is 512 g/mol. The van der Waals surface area contributed by atoms with Crippen LogP contribution < -0.4 is 11.1 Å². The molecule has 0 aliphatic heterocycles. The fourth-order valence-corrected chi connectivity index (χ4v) is 5.64. The number of hydrogen-bond donors (Lipinski definition) is 2. The van der Waals surface area contributed by atoms with Crippen LogP contribution in [0.25, 0.3) is 32.7 Å². The van der Waals surface area contributed by atoms with Crippen molar-refractivity contribution < 1.29 is 4.39 Å². The second-order valence-electron chi connectivity index (χ2n) is 10.2. The zero-order valence-electron chi connectivity index (χ0n) is 21.2. The van der Waals surface area contributed by atoms with Crippen LogP contribution in [0.2, 0.25) is 0 Å². The number of rotatable bonds is 7. The van der Waals surface area contributed by atoms with E-state index in [4.69, 9.17) is 15.7 Å². The number of pyridine rings is 1. The number of benzene rings is 2. The van der Waals surface area contributed by atoms with Gasteiger partial charge in [-0.15, -0.1) is 11.3 Å². The second kappa shape index (κ2) is 10.4. The quantitative estimate of drug-likeness (QED) is 0.250. The van der Waals surface area contributed by atoms with E-state index in [9.17, 15) is 4.39 Å². The Hall–Kier alpha value is -3.68. The van der Waals surface area contributed by atoms with Gasteiger partial charge in [-0.1, -0.05) is 63.2 Å². The fraction of sp³-hybridized carbons (Fsp3) is 0.233. The first-order chi connectivity index (χ1) is 17.8. The second-order valence-corrected chi connectivity index (χ2v) is 11.2. The molecule has 5 rings (SSSR count). The van der Waals surface area contributed by atoms with E-state index >= 15 is 0 Å². The van der Waals surface area contributed by atoms with Crippen molar-refractivity contribution in [3.8, 4) is 22.5 Å². The van der Waals surface area contributed by atoms with Crippen molar-refractivity contribution >= 4 is 27.4 Å². The summed E-state index contributed by atoms with van der Waals surface area (Å²) in [6.45, 7) is 7.12. The molecule has 1 unspecified atom stereocenters. The lowest BCUT2D eigenvalue weighted by Gasteiger charge is -2.19. The van der Waals surface area contributed by atoms with Gasteiger partial charge in [0.2, 0.25) is 0 Å². The number of fused-ring (bicyclic) bond motifs is 1. The topological polar surface area (TPSA) is 76.7 Å². The zero-order valence-corrected chi connectivity index (χ0v) is 22.0. The first-order valence-electron chi connectivity index (χ1n) is 12.3. The molecule has 2 aromatic carbocycles. The van der Waals surface area contributed by atoms with Crippen molar-refractivity contribution in [3.05, 3.63) is 95.4 Å². The highest BCUT2D eigenvalue weighted by Gasteiger charge is 2.27. The molecule has 1 atom stereocenters. The summed E-state index contributed by atoms with van der Waals surface area (Å²) in [6, 6.07) is 20.6. The number of nitrogens with one attached hydrogen (secondary N) is 1. The Bertz CT molecular complexity index is 1490. The van der Waals surface area contributed by atoms with E-state index in [2.05, 4.69) is 43.2 Å². The molecule has 3 aromatic heterocycles. The Labute approximate surface area is 220 Å². The first-order valence-corrected chi connectivity index (χ1v) is 13.2. The molecule has 5 aromatic rings. The molecule has 5 nitrogen and oxygen atoms in total. The van der Waals surface area contributed by atoms with Crippen molar-refractivity contribution in [2.45, 2.75) is 38.6 Å². The summed E-state index contributed by atoms with van der Waals surface area (Å²) in [5, 5.41) is 3.53. The van der Waals surface area contributed by atoms with Gasteiger partial charge in [-0.2, -0.15) is 0 Å². The monoisotopic (exact) mass is 511 g/mol. The van der Waals surface area contributed by atoms with Crippen molar-refractivity contribution in [2.75, 3.05) is 11.9 Å². The lowest BCUT2D eigenvalue weighted by Crippen LogP contribution is -2.31. The Kier molecular flexibility index (Phi) is 7.00. The van der Waals surface area contributed by atoms with Crippen LogP contribution in [0.15, 0.2) is 79.1 Å². The normalized spacial score (nSPS) is 12.6. The third-order valence-electron chi connectivity index (χ3n) is 6.16. The highest BCUT2D eigenvalue weighted by Crippen LogP contribution is 2.46. The maximum absolute atomic E-state index is 13.8. The lowest BCUT2D eigenvalue weighted by molar-refractivity contribution is 0.605. The lowest BCUT2D eigenvalue weighted by atomic mass is 9.89. The Balaban J connectivity index is 1.63. The molecule has 7 heteroatoms. The van der Waals surface area contributed by atoms with E-state index in [0.29, 0.717) is 12.4 Å². The van der Waals surface area contributed by atoms with Gasteiger partial charge in [0.15, 0.2) is 5.82 Å². The van der Waals surface area contributed by atoms with Gasteiger partial charge in [-0.3, -0.25) is 4.98 Å². The summed E-state index contributed by atoms with van der Waals surface area (Å²) in [7, 11) is 0. The van der Waals surface area contributed by atoms with E-state index in [0.717, 1.165) is 39.1 Å². The van der Waals surface area contributed by atoms with Crippen molar-refractivity contribution in [1.29, 1.82) is 0 Å². The SMILES string of the molecule is CC(C)(C)c1sc2c(NCC(N)Cc3ccccc3)nc(-c3ccncc3)nc2c1-c1ccc(F)cc1. The number of anilines is 1. The maximum atomic E-state index is 13.8. The van der Waals surface area contributed by atoms with E-state index in [1.807, 2.05) is 42.5 Å². The molecule has 0 fully saturated rings. The van der Waals surface area contributed by atoms with E-state index in [1.165, 1.54) is 22.6 Å². The Morgan fingerprint density at radius 1 is 0.919 bits per heavy atom. The van der Waals surface area contributed by atoms with Gasteiger partial charge in [-0.05, 0) is 47.2 Å². The molecule has 0 radical (unpaired) electrons. The van der Waals surface area contributed by atoms with Crippen molar-refractivity contribution in [2.24, 2.45) is 5.73 Å². The highest BCUT2D eigenvalue weighted by molar-refractivity contribution is 7.20.